The summed E-state index contributed by atoms with van der Waals surface area (Å²) in [5.41, 5.74) is 2.26. The summed E-state index contributed by atoms with van der Waals surface area (Å²) in [5.74, 6) is -0.458. The first-order valence-electron chi connectivity index (χ1n) is 9.02. The fourth-order valence-corrected chi connectivity index (χ4v) is 3.39. The van der Waals surface area contributed by atoms with Gasteiger partial charge in [-0.05, 0) is 47.9 Å². The molecule has 0 saturated heterocycles. The van der Waals surface area contributed by atoms with Gasteiger partial charge in [-0.2, -0.15) is 0 Å². The van der Waals surface area contributed by atoms with E-state index in [1.165, 1.54) is 24.5 Å². The fourth-order valence-electron chi connectivity index (χ4n) is 3.39. The van der Waals surface area contributed by atoms with Crippen molar-refractivity contribution in [2.45, 2.75) is 13.0 Å². The van der Waals surface area contributed by atoms with Gasteiger partial charge in [-0.25, -0.2) is 0 Å². The molecule has 1 aliphatic heterocycles. The number of nitrogens with zero attached hydrogens (tertiary/aromatic N) is 2. The first-order valence-corrected chi connectivity index (χ1v) is 9.02. The van der Waals surface area contributed by atoms with Crippen LogP contribution in [0.15, 0.2) is 65.3 Å². The van der Waals surface area contributed by atoms with Crippen molar-refractivity contribution in [3.05, 3.63) is 93.4 Å². The summed E-state index contributed by atoms with van der Waals surface area (Å²) in [5, 5.41) is 13.9. The zero-order valence-corrected chi connectivity index (χ0v) is 15.3. The second kappa shape index (κ2) is 7.59. The van der Waals surface area contributed by atoms with Gasteiger partial charge in [-0.1, -0.05) is 18.2 Å². The molecule has 2 aromatic carbocycles. The smallest absolute Gasteiger partial charge is 0.289 e. The number of nitro benzene ring substituents is 1. The number of amides is 2. The van der Waals surface area contributed by atoms with Crippen LogP contribution in [0, 0.1) is 10.1 Å². The minimum atomic E-state index is -0.583. The number of nitro groups is 1. The lowest BCUT2D eigenvalue weighted by Crippen LogP contribution is -2.35. The van der Waals surface area contributed by atoms with Crippen molar-refractivity contribution < 1.29 is 18.9 Å². The number of hydrogen-bond acceptors (Lipinski definition) is 5. The summed E-state index contributed by atoms with van der Waals surface area (Å²) in [6.07, 6.45) is 2.15. The van der Waals surface area contributed by atoms with E-state index in [4.69, 9.17) is 4.42 Å². The predicted molar refractivity (Wildman–Crippen MR) is 105 cm³/mol. The SMILES string of the molecule is O=C(Nc1ccc2c(c1)CN(C(=O)c1ccco1)CC2)c1ccccc1[N+](=O)[O-]. The van der Waals surface area contributed by atoms with E-state index >= 15 is 0 Å². The Labute approximate surface area is 165 Å². The Hall–Kier alpha value is -3.94. The average Bonchev–Trinajstić information content (AvgIpc) is 3.27. The van der Waals surface area contributed by atoms with Gasteiger partial charge < -0.3 is 14.6 Å². The maximum Gasteiger partial charge on any atom is 0.289 e. The van der Waals surface area contributed by atoms with E-state index in [1.807, 2.05) is 6.07 Å². The second-order valence-electron chi connectivity index (χ2n) is 6.67. The molecule has 0 aliphatic carbocycles. The summed E-state index contributed by atoms with van der Waals surface area (Å²) in [6, 6.07) is 14.5. The molecule has 1 aromatic heterocycles. The van der Waals surface area contributed by atoms with Crippen molar-refractivity contribution in [2.24, 2.45) is 0 Å². The molecule has 3 aromatic rings. The fraction of sp³-hybridized carbons (Fsp3) is 0.143. The van der Waals surface area contributed by atoms with Crippen molar-refractivity contribution in [3.63, 3.8) is 0 Å². The Bertz CT molecular complexity index is 1090. The van der Waals surface area contributed by atoms with E-state index in [9.17, 15) is 19.7 Å². The third-order valence-electron chi connectivity index (χ3n) is 4.84. The Morgan fingerprint density at radius 3 is 2.66 bits per heavy atom. The predicted octanol–water partition coefficient (Wildman–Crippen LogP) is 3.64. The molecule has 4 rings (SSSR count). The minimum absolute atomic E-state index is 0.00940. The molecule has 146 valence electrons. The van der Waals surface area contributed by atoms with Crippen molar-refractivity contribution >= 4 is 23.2 Å². The van der Waals surface area contributed by atoms with Crippen LogP contribution in [-0.4, -0.2) is 28.2 Å². The highest BCUT2D eigenvalue weighted by Gasteiger charge is 2.24. The number of anilines is 1. The Morgan fingerprint density at radius 2 is 1.90 bits per heavy atom. The maximum absolute atomic E-state index is 12.5. The quantitative estimate of drug-likeness (QED) is 0.540. The lowest BCUT2D eigenvalue weighted by atomic mass is 9.98. The first kappa shape index (κ1) is 18.4. The van der Waals surface area contributed by atoms with E-state index in [2.05, 4.69) is 5.32 Å². The summed E-state index contributed by atoms with van der Waals surface area (Å²) in [4.78, 5) is 37.3. The van der Waals surface area contributed by atoms with Gasteiger partial charge in [0.05, 0.1) is 11.2 Å². The largest absolute Gasteiger partial charge is 0.459 e. The van der Waals surface area contributed by atoms with Crippen LogP contribution < -0.4 is 5.32 Å². The van der Waals surface area contributed by atoms with Gasteiger partial charge in [0.15, 0.2) is 5.76 Å². The van der Waals surface area contributed by atoms with Gasteiger partial charge in [0.1, 0.15) is 5.56 Å². The van der Waals surface area contributed by atoms with Gasteiger partial charge in [-0.3, -0.25) is 19.7 Å². The van der Waals surface area contributed by atoms with Crippen LogP contribution in [0.5, 0.6) is 0 Å². The van der Waals surface area contributed by atoms with Gasteiger partial charge in [0.25, 0.3) is 17.5 Å². The standard InChI is InChI=1S/C21H17N3O5/c25-20(17-4-1-2-5-18(17)24(27)28)22-16-8-7-14-9-10-23(13-15(14)12-16)21(26)19-6-3-11-29-19/h1-8,11-12H,9-10,13H2,(H,22,25). The molecule has 1 N–H and O–H groups in total. The molecule has 0 saturated carbocycles. The van der Waals surface area contributed by atoms with E-state index in [-0.39, 0.29) is 22.9 Å². The number of rotatable bonds is 4. The first-order chi connectivity index (χ1) is 14.0. The molecule has 0 radical (unpaired) electrons. The number of carbonyl (C=O) groups is 2. The normalized spacial score (nSPS) is 12.9. The van der Waals surface area contributed by atoms with Crippen LogP contribution >= 0.6 is 0 Å². The van der Waals surface area contributed by atoms with E-state index < -0.39 is 10.8 Å². The molecule has 1 aliphatic rings. The van der Waals surface area contributed by atoms with Crippen molar-refractivity contribution in [1.29, 1.82) is 0 Å². The number of para-hydroxylation sites is 1. The number of carbonyl (C=O) groups excluding carboxylic acids is 2. The molecule has 0 bridgehead atoms. The van der Waals surface area contributed by atoms with Crippen LogP contribution in [0.3, 0.4) is 0 Å². The number of fused-ring (bicyclic) bond motifs is 1. The molecule has 0 unspecified atom stereocenters. The van der Waals surface area contributed by atoms with E-state index in [0.29, 0.717) is 25.2 Å². The average molecular weight is 391 g/mol. The highest BCUT2D eigenvalue weighted by atomic mass is 16.6. The summed E-state index contributed by atoms with van der Waals surface area (Å²) in [7, 11) is 0. The molecular formula is C21H17N3O5. The highest BCUT2D eigenvalue weighted by molar-refractivity contribution is 6.07. The number of hydrogen-bond donors (Lipinski definition) is 1. The highest BCUT2D eigenvalue weighted by Crippen LogP contribution is 2.25. The Balaban J connectivity index is 1.53. The minimum Gasteiger partial charge on any atom is -0.459 e. The molecule has 0 atom stereocenters. The Morgan fingerprint density at radius 1 is 1.07 bits per heavy atom. The van der Waals surface area contributed by atoms with Crippen LogP contribution in [0.2, 0.25) is 0 Å². The van der Waals surface area contributed by atoms with Crippen LogP contribution in [0.1, 0.15) is 32.0 Å². The molecule has 8 nitrogen and oxygen atoms in total. The van der Waals surface area contributed by atoms with Crippen LogP contribution in [0.4, 0.5) is 11.4 Å². The van der Waals surface area contributed by atoms with Crippen molar-refractivity contribution in [3.8, 4) is 0 Å². The molecule has 2 heterocycles. The lowest BCUT2D eigenvalue weighted by molar-refractivity contribution is -0.385. The van der Waals surface area contributed by atoms with Gasteiger partial charge in [0.2, 0.25) is 0 Å². The number of benzene rings is 2. The van der Waals surface area contributed by atoms with Gasteiger partial charge >= 0.3 is 0 Å². The van der Waals surface area contributed by atoms with Crippen molar-refractivity contribution in [1.82, 2.24) is 4.90 Å². The third kappa shape index (κ3) is 3.73. The lowest BCUT2D eigenvalue weighted by Gasteiger charge is -2.28. The van der Waals surface area contributed by atoms with E-state index in [1.54, 1.807) is 35.2 Å². The maximum atomic E-state index is 12.5. The molecular weight excluding hydrogens is 374 g/mol. The number of nitrogens with one attached hydrogen (secondary N) is 1. The second-order valence-corrected chi connectivity index (χ2v) is 6.67. The van der Waals surface area contributed by atoms with Gasteiger partial charge in [0, 0.05) is 24.8 Å². The van der Waals surface area contributed by atoms with Gasteiger partial charge in [-0.15, -0.1) is 0 Å². The summed E-state index contributed by atoms with van der Waals surface area (Å²) >= 11 is 0. The molecule has 2 amide bonds. The number of furan rings is 1. The zero-order chi connectivity index (χ0) is 20.4. The van der Waals surface area contributed by atoms with Crippen LogP contribution in [0.25, 0.3) is 0 Å². The molecule has 0 fully saturated rings. The monoisotopic (exact) mass is 391 g/mol. The topological polar surface area (TPSA) is 106 Å². The summed E-state index contributed by atoms with van der Waals surface area (Å²) < 4.78 is 5.19. The van der Waals surface area contributed by atoms with Crippen molar-refractivity contribution in [2.75, 3.05) is 11.9 Å². The zero-order valence-electron chi connectivity index (χ0n) is 15.3. The summed E-state index contributed by atoms with van der Waals surface area (Å²) in [6.45, 7) is 0.971. The molecule has 0 spiro atoms. The molecule has 29 heavy (non-hydrogen) atoms. The van der Waals surface area contributed by atoms with Crippen LogP contribution in [-0.2, 0) is 13.0 Å². The third-order valence-corrected chi connectivity index (χ3v) is 4.84. The Kier molecular flexibility index (Phi) is 4.82. The molecule has 8 heteroatoms. The van der Waals surface area contributed by atoms with E-state index in [0.717, 1.165) is 11.1 Å².